The number of ether oxygens (including phenoxy) is 1. The predicted octanol–water partition coefficient (Wildman–Crippen LogP) is 2.09. The molecular formula is C23H25FN4O5. The number of hydrogen-bond acceptors (Lipinski definition) is 6. The number of nitrogens with one attached hydrogen (secondary N) is 1. The van der Waals surface area contributed by atoms with Crippen LogP contribution in [0.3, 0.4) is 0 Å². The number of anilines is 2. The van der Waals surface area contributed by atoms with Gasteiger partial charge in [-0.3, -0.25) is 14.5 Å². The molecule has 3 amide bonds. The summed E-state index contributed by atoms with van der Waals surface area (Å²) in [5.74, 6) is -0.0882. The lowest BCUT2D eigenvalue weighted by molar-refractivity contribution is -0.119. The van der Waals surface area contributed by atoms with Gasteiger partial charge in [-0.1, -0.05) is 0 Å². The summed E-state index contributed by atoms with van der Waals surface area (Å²) < 4.78 is 25.2. The fourth-order valence-electron chi connectivity index (χ4n) is 5.01. The first-order valence-electron chi connectivity index (χ1n) is 10.9. The fraction of sp³-hybridized carbons (Fsp3) is 0.435. The summed E-state index contributed by atoms with van der Waals surface area (Å²) in [4.78, 5) is 40.9. The standard InChI is InChI=1S/C23H25FN4O5/c1-13(29)25-8-16-9-28(23(31)33-16)15-3-4-20(19(24)7-15)27-10-17-18(11-27)21(17)26(2)22(30)14-5-6-32-12-14/h3-7,12,16-18,21H,8-11H2,1-2H3,(H,25,29)/t16-,17-,18+,21?/m0/s1. The molecule has 174 valence electrons. The number of rotatable bonds is 6. The molecule has 0 radical (unpaired) electrons. The Bertz CT molecular complexity index is 1080. The molecule has 3 fully saturated rings. The van der Waals surface area contributed by atoms with Gasteiger partial charge < -0.3 is 24.3 Å². The third-order valence-corrected chi connectivity index (χ3v) is 6.72. The van der Waals surface area contributed by atoms with E-state index >= 15 is 0 Å². The van der Waals surface area contributed by atoms with Crippen LogP contribution in [0.2, 0.25) is 0 Å². The molecule has 2 saturated heterocycles. The summed E-state index contributed by atoms with van der Waals surface area (Å²) in [5.41, 5.74) is 1.43. The third kappa shape index (κ3) is 3.90. The van der Waals surface area contributed by atoms with E-state index in [0.29, 0.717) is 41.9 Å². The second kappa shape index (κ2) is 8.09. The predicted molar refractivity (Wildman–Crippen MR) is 116 cm³/mol. The Morgan fingerprint density at radius 3 is 2.61 bits per heavy atom. The van der Waals surface area contributed by atoms with Crippen molar-refractivity contribution in [2.24, 2.45) is 11.8 Å². The molecule has 1 unspecified atom stereocenters. The van der Waals surface area contributed by atoms with Crippen molar-refractivity contribution in [3.05, 3.63) is 48.2 Å². The molecule has 1 aromatic carbocycles. The Labute approximate surface area is 190 Å². The number of amides is 3. The van der Waals surface area contributed by atoms with Gasteiger partial charge in [0.25, 0.3) is 5.91 Å². The number of nitrogens with zero attached hydrogens (tertiary/aromatic N) is 3. The smallest absolute Gasteiger partial charge is 0.414 e. The van der Waals surface area contributed by atoms with Crippen molar-refractivity contribution in [1.82, 2.24) is 10.2 Å². The van der Waals surface area contributed by atoms with Gasteiger partial charge in [0, 0.05) is 44.9 Å². The summed E-state index contributed by atoms with van der Waals surface area (Å²) in [7, 11) is 1.80. The molecule has 1 aromatic heterocycles. The van der Waals surface area contributed by atoms with Crippen LogP contribution in [-0.2, 0) is 9.53 Å². The number of halogens is 1. The van der Waals surface area contributed by atoms with E-state index in [1.807, 2.05) is 4.90 Å². The van der Waals surface area contributed by atoms with Crippen molar-refractivity contribution in [3.63, 3.8) is 0 Å². The Balaban J connectivity index is 1.20. The maximum Gasteiger partial charge on any atom is 0.414 e. The lowest BCUT2D eigenvalue weighted by Crippen LogP contribution is -2.36. The summed E-state index contributed by atoms with van der Waals surface area (Å²) in [6.45, 7) is 3.18. The Morgan fingerprint density at radius 2 is 1.97 bits per heavy atom. The van der Waals surface area contributed by atoms with Crippen LogP contribution in [0.15, 0.2) is 41.2 Å². The highest BCUT2D eigenvalue weighted by Gasteiger charge is 2.59. The molecule has 33 heavy (non-hydrogen) atoms. The highest BCUT2D eigenvalue weighted by atomic mass is 19.1. The van der Waals surface area contributed by atoms with E-state index in [2.05, 4.69) is 5.32 Å². The van der Waals surface area contributed by atoms with Crippen molar-refractivity contribution >= 4 is 29.3 Å². The van der Waals surface area contributed by atoms with E-state index in [1.165, 1.54) is 30.4 Å². The molecule has 3 aliphatic rings. The minimum absolute atomic E-state index is 0.0699. The normalized spacial score (nSPS) is 25.6. The number of benzene rings is 1. The summed E-state index contributed by atoms with van der Waals surface area (Å²) in [6, 6.07) is 6.52. The monoisotopic (exact) mass is 456 g/mol. The lowest BCUT2D eigenvalue weighted by atomic mass is 10.2. The van der Waals surface area contributed by atoms with Gasteiger partial charge in [-0.25, -0.2) is 9.18 Å². The molecule has 1 saturated carbocycles. The first kappa shape index (κ1) is 21.3. The Kier molecular flexibility index (Phi) is 5.22. The number of piperidine rings is 1. The van der Waals surface area contributed by atoms with Crippen LogP contribution in [0.5, 0.6) is 0 Å². The zero-order valence-corrected chi connectivity index (χ0v) is 18.4. The van der Waals surface area contributed by atoms with Gasteiger partial charge in [-0.15, -0.1) is 0 Å². The molecule has 2 aromatic rings. The van der Waals surface area contributed by atoms with Gasteiger partial charge in [0.1, 0.15) is 18.2 Å². The summed E-state index contributed by atoms with van der Waals surface area (Å²) in [5, 5.41) is 2.62. The van der Waals surface area contributed by atoms with Gasteiger partial charge >= 0.3 is 6.09 Å². The molecule has 0 spiro atoms. The molecular weight excluding hydrogens is 431 g/mol. The molecule has 1 N–H and O–H groups in total. The average Bonchev–Trinajstić information content (AvgIpc) is 3.26. The number of carbonyl (C=O) groups is 3. The van der Waals surface area contributed by atoms with E-state index in [0.717, 1.165) is 0 Å². The highest BCUT2D eigenvalue weighted by molar-refractivity contribution is 5.94. The largest absolute Gasteiger partial charge is 0.472 e. The van der Waals surface area contributed by atoms with Gasteiger partial charge in [-0.2, -0.15) is 0 Å². The number of cyclic esters (lactones) is 1. The highest BCUT2D eigenvalue weighted by Crippen LogP contribution is 2.50. The van der Waals surface area contributed by atoms with Gasteiger partial charge in [0.05, 0.1) is 36.3 Å². The Hall–Kier alpha value is -3.56. The maximum absolute atomic E-state index is 15.0. The van der Waals surface area contributed by atoms with E-state index < -0.39 is 18.0 Å². The van der Waals surface area contributed by atoms with Crippen LogP contribution in [0, 0.1) is 17.7 Å². The van der Waals surface area contributed by atoms with Gasteiger partial charge in [-0.05, 0) is 24.3 Å². The van der Waals surface area contributed by atoms with Crippen molar-refractivity contribution in [1.29, 1.82) is 0 Å². The molecule has 0 bridgehead atoms. The summed E-state index contributed by atoms with van der Waals surface area (Å²) >= 11 is 0. The van der Waals surface area contributed by atoms with Crippen LogP contribution in [-0.4, -0.2) is 68.2 Å². The molecule has 4 atom stereocenters. The van der Waals surface area contributed by atoms with Crippen molar-refractivity contribution in [3.8, 4) is 0 Å². The zero-order valence-electron chi connectivity index (χ0n) is 18.4. The molecule has 5 rings (SSSR count). The summed E-state index contributed by atoms with van der Waals surface area (Å²) in [6.07, 6.45) is 1.88. The minimum atomic E-state index is -0.562. The van der Waals surface area contributed by atoms with Crippen LogP contribution in [0.4, 0.5) is 20.6 Å². The zero-order chi connectivity index (χ0) is 23.3. The number of fused-ring (bicyclic) bond motifs is 1. The van der Waals surface area contributed by atoms with Crippen molar-refractivity contribution < 1.29 is 27.9 Å². The number of hydrogen-bond donors (Lipinski definition) is 1. The first-order chi connectivity index (χ1) is 15.8. The molecule has 2 aliphatic heterocycles. The van der Waals surface area contributed by atoms with Crippen molar-refractivity contribution in [2.45, 2.75) is 19.1 Å². The van der Waals surface area contributed by atoms with E-state index in [4.69, 9.17) is 9.15 Å². The van der Waals surface area contributed by atoms with E-state index in [1.54, 1.807) is 30.1 Å². The molecule has 9 nitrogen and oxygen atoms in total. The number of furan rings is 1. The second-order valence-corrected chi connectivity index (χ2v) is 8.84. The fourth-order valence-corrected chi connectivity index (χ4v) is 5.01. The SMILES string of the molecule is CC(=O)NC[C@H]1CN(c2ccc(N3C[C@@H]4C(N(C)C(=O)c5ccoc5)[C@@H]4C3)c(F)c2)C(=O)O1. The third-order valence-electron chi connectivity index (χ3n) is 6.72. The first-order valence-corrected chi connectivity index (χ1v) is 10.9. The quantitative estimate of drug-likeness (QED) is 0.715. The Morgan fingerprint density at radius 1 is 1.21 bits per heavy atom. The molecule has 3 heterocycles. The van der Waals surface area contributed by atoms with Crippen LogP contribution in [0.1, 0.15) is 17.3 Å². The second-order valence-electron chi connectivity index (χ2n) is 8.84. The van der Waals surface area contributed by atoms with Crippen LogP contribution < -0.4 is 15.1 Å². The van der Waals surface area contributed by atoms with Gasteiger partial charge in [0.2, 0.25) is 5.91 Å². The lowest BCUT2D eigenvalue weighted by Gasteiger charge is -2.26. The van der Waals surface area contributed by atoms with Crippen molar-refractivity contribution in [2.75, 3.05) is 43.0 Å². The maximum atomic E-state index is 15.0. The molecule has 10 heteroatoms. The topological polar surface area (TPSA) is 95.3 Å². The van der Waals surface area contributed by atoms with Gasteiger partial charge in [0.15, 0.2) is 0 Å². The average molecular weight is 456 g/mol. The van der Waals surface area contributed by atoms with E-state index in [-0.39, 0.29) is 30.9 Å². The minimum Gasteiger partial charge on any atom is -0.472 e. The van der Waals surface area contributed by atoms with Crippen LogP contribution in [0.25, 0.3) is 0 Å². The number of carbonyl (C=O) groups excluding carboxylic acids is 3. The van der Waals surface area contributed by atoms with Crippen LogP contribution >= 0.6 is 0 Å². The van der Waals surface area contributed by atoms with E-state index in [9.17, 15) is 18.8 Å². The molecule has 1 aliphatic carbocycles.